The Bertz CT molecular complexity index is 611. The van der Waals surface area contributed by atoms with Gasteiger partial charge in [0.25, 0.3) is 0 Å². The number of hydrogen-bond acceptors (Lipinski definition) is 2. The van der Waals surface area contributed by atoms with Crippen molar-refractivity contribution in [2.45, 2.75) is 39.3 Å². The van der Waals surface area contributed by atoms with Gasteiger partial charge in [-0.1, -0.05) is 0 Å². The average Bonchev–Trinajstić information content (AvgIpc) is 3.05. The van der Waals surface area contributed by atoms with E-state index in [9.17, 15) is 4.79 Å². The number of rotatable bonds is 3. The third kappa shape index (κ3) is 2.10. The zero-order valence-electron chi connectivity index (χ0n) is 10.7. The summed E-state index contributed by atoms with van der Waals surface area (Å²) in [5, 5.41) is 3.00. The molecule has 1 aromatic carbocycles. The lowest BCUT2D eigenvalue weighted by Gasteiger charge is -2.06. The van der Waals surface area contributed by atoms with Crippen LogP contribution in [0.1, 0.15) is 24.0 Å². The summed E-state index contributed by atoms with van der Waals surface area (Å²) in [6, 6.07) is 4.58. The number of nitrogens with one attached hydrogen (secondary N) is 1. The highest BCUT2D eigenvalue weighted by molar-refractivity contribution is 5.81. The van der Waals surface area contributed by atoms with Crippen LogP contribution in [0.15, 0.2) is 18.5 Å². The topological polar surface area (TPSA) is 46.9 Å². The molecule has 94 valence electrons. The molecule has 1 aliphatic rings. The van der Waals surface area contributed by atoms with Gasteiger partial charge in [-0.25, -0.2) is 4.98 Å². The van der Waals surface area contributed by atoms with Gasteiger partial charge >= 0.3 is 0 Å². The molecule has 0 radical (unpaired) electrons. The van der Waals surface area contributed by atoms with Crippen molar-refractivity contribution < 1.29 is 4.79 Å². The lowest BCUT2D eigenvalue weighted by atomic mass is 10.1. The smallest absolute Gasteiger partial charge is 0.240 e. The van der Waals surface area contributed by atoms with Crippen molar-refractivity contribution in [3.63, 3.8) is 0 Å². The maximum atomic E-state index is 11.8. The standard InChI is InChI=1S/C14H17N3O/c1-9-5-12-13(6-10(9)2)17(8-15-12)7-14(18)16-11-3-4-11/h5-6,8,11H,3-4,7H2,1-2H3,(H,16,18). The van der Waals surface area contributed by atoms with Crippen LogP contribution >= 0.6 is 0 Å². The number of aryl methyl sites for hydroxylation is 2. The van der Waals surface area contributed by atoms with Crippen LogP contribution in [0.25, 0.3) is 11.0 Å². The molecule has 4 nitrogen and oxygen atoms in total. The van der Waals surface area contributed by atoms with Crippen LogP contribution < -0.4 is 5.32 Å². The van der Waals surface area contributed by atoms with Crippen LogP contribution in [0.5, 0.6) is 0 Å². The van der Waals surface area contributed by atoms with Gasteiger partial charge in [0.1, 0.15) is 6.54 Å². The number of aromatic nitrogens is 2. The molecule has 18 heavy (non-hydrogen) atoms. The van der Waals surface area contributed by atoms with Gasteiger partial charge in [0.15, 0.2) is 0 Å². The molecule has 1 aliphatic carbocycles. The number of amides is 1. The monoisotopic (exact) mass is 243 g/mol. The minimum absolute atomic E-state index is 0.0787. The zero-order chi connectivity index (χ0) is 12.7. The summed E-state index contributed by atoms with van der Waals surface area (Å²) in [5.74, 6) is 0.0787. The molecule has 1 N–H and O–H groups in total. The number of fused-ring (bicyclic) bond motifs is 1. The average molecular weight is 243 g/mol. The van der Waals surface area contributed by atoms with E-state index >= 15 is 0 Å². The zero-order valence-corrected chi connectivity index (χ0v) is 10.7. The van der Waals surface area contributed by atoms with E-state index in [1.165, 1.54) is 11.1 Å². The molecule has 0 aliphatic heterocycles. The Morgan fingerprint density at radius 3 is 2.83 bits per heavy atom. The van der Waals surface area contributed by atoms with E-state index in [2.05, 4.69) is 36.3 Å². The molecule has 0 spiro atoms. The van der Waals surface area contributed by atoms with Crippen molar-refractivity contribution in [1.82, 2.24) is 14.9 Å². The first-order valence-electron chi connectivity index (χ1n) is 6.35. The van der Waals surface area contributed by atoms with E-state index < -0.39 is 0 Å². The molecule has 1 saturated carbocycles. The van der Waals surface area contributed by atoms with Crippen LogP contribution in [-0.4, -0.2) is 21.5 Å². The first-order valence-corrected chi connectivity index (χ1v) is 6.35. The lowest BCUT2D eigenvalue weighted by Crippen LogP contribution is -2.29. The van der Waals surface area contributed by atoms with Crippen molar-refractivity contribution in [3.05, 3.63) is 29.6 Å². The van der Waals surface area contributed by atoms with Gasteiger partial charge < -0.3 is 9.88 Å². The molecule has 1 heterocycles. The van der Waals surface area contributed by atoms with Gasteiger partial charge in [-0.05, 0) is 49.9 Å². The summed E-state index contributed by atoms with van der Waals surface area (Å²) in [6.45, 7) is 4.51. The minimum atomic E-state index is 0.0787. The second kappa shape index (κ2) is 4.12. The summed E-state index contributed by atoms with van der Waals surface area (Å²) < 4.78 is 1.92. The van der Waals surface area contributed by atoms with E-state index in [0.29, 0.717) is 12.6 Å². The number of benzene rings is 1. The van der Waals surface area contributed by atoms with Gasteiger partial charge in [-0.3, -0.25) is 4.79 Å². The summed E-state index contributed by atoms with van der Waals surface area (Å²) in [4.78, 5) is 16.1. The van der Waals surface area contributed by atoms with Crippen molar-refractivity contribution in [1.29, 1.82) is 0 Å². The third-order valence-corrected chi connectivity index (χ3v) is 3.49. The molecule has 0 atom stereocenters. The summed E-state index contributed by atoms with van der Waals surface area (Å²) >= 11 is 0. The van der Waals surface area contributed by atoms with Gasteiger partial charge in [-0.15, -0.1) is 0 Å². The number of imidazole rings is 1. The Kier molecular flexibility index (Phi) is 2.58. The quantitative estimate of drug-likeness (QED) is 0.895. The van der Waals surface area contributed by atoms with Crippen LogP contribution in [0.4, 0.5) is 0 Å². The van der Waals surface area contributed by atoms with E-state index in [4.69, 9.17) is 0 Å². The highest BCUT2D eigenvalue weighted by atomic mass is 16.2. The summed E-state index contributed by atoms with van der Waals surface area (Å²) in [7, 11) is 0. The normalized spacial score (nSPS) is 15.0. The number of carbonyl (C=O) groups excluding carboxylic acids is 1. The highest BCUT2D eigenvalue weighted by Crippen LogP contribution is 2.20. The van der Waals surface area contributed by atoms with Crippen LogP contribution in [0.2, 0.25) is 0 Å². The van der Waals surface area contributed by atoms with Gasteiger partial charge in [0.2, 0.25) is 5.91 Å². The predicted molar refractivity (Wildman–Crippen MR) is 70.4 cm³/mol. The second-order valence-corrected chi connectivity index (χ2v) is 5.14. The largest absolute Gasteiger partial charge is 0.352 e. The number of hydrogen-bond donors (Lipinski definition) is 1. The first-order chi connectivity index (χ1) is 8.63. The first kappa shape index (κ1) is 11.3. The summed E-state index contributed by atoms with van der Waals surface area (Å²) in [5.41, 5.74) is 4.45. The maximum Gasteiger partial charge on any atom is 0.240 e. The SMILES string of the molecule is Cc1cc2ncn(CC(=O)NC3CC3)c2cc1C. The molecule has 0 unspecified atom stereocenters. The molecule has 2 aromatic rings. The molecule has 4 heteroatoms. The number of nitrogens with zero attached hydrogens (tertiary/aromatic N) is 2. The van der Waals surface area contributed by atoms with Crippen molar-refractivity contribution in [2.75, 3.05) is 0 Å². The van der Waals surface area contributed by atoms with E-state index in [-0.39, 0.29) is 5.91 Å². The Morgan fingerprint density at radius 1 is 1.39 bits per heavy atom. The molecule has 1 aromatic heterocycles. The fourth-order valence-electron chi connectivity index (χ4n) is 2.09. The Morgan fingerprint density at radius 2 is 2.11 bits per heavy atom. The van der Waals surface area contributed by atoms with E-state index in [1.807, 2.05) is 4.57 Å². The second-order valence-electron chi connectivity index (χ2n) is 5.14. The van der Waals surface area contributed by atoms with Crippen molar-refractivity contribution in [3.8, 4) is 0 Å². The molecule has 1 fully saturated rings. The van der Waals surface area contributed by atoms with E-state index in [0.717, 1.165) is 23.9 Å². The maximum absolute atomic E-state index is 11.8. The van der Waals surface area contributed by atoms with Gasteiger partial charge in [-0.2, -0.15) is 0 Å². The lowest BCUT2D eigenvalue weighted by molar-refractivity contribution is -0.121. The molecular weight excluding hydrogens is 226 g/mol. The van der Waals surface area contributed by atoms with Gasteiger partial charge in [0.05, 0.1) is 17.4 Å². The third-order valence-electron chi connectivity index (χ3n) is 3.49. The number of carbonyl (C=O) groups is 1. The minimum Gasteiger partial charge on any atom is -0.352 e. The molecular formula is C14H17N3O. The molecule has 3 rings (SSSR count). The van der Waals surface area contributed by atoms with E-state index in [1.54, 1.807) is 6.33 Å². The highest BCUT2D eigenvalue weighted by Gasteiger charge is 2.23. The Labute approximate surface area is 106 Å². The predicted octanol–water partition coefficient (Wildman–Crippen LogP) is 1.93. The fraction of sp³-hybridized carbons (Fsp3) is 0.429. The van der Waals surface area contributed by atoms with Crippen molar-refractivity contribution in [2.24, 2.45) is 0 Å². The Hall–Kier alpha value is -1.84. The fourth-order valence-corrected chi connectivity index (χ4v) is 2.09. The Balaban J connectivity index is 1.87. The van der Waals surface area contributed by atoms with Crippen LogP contribution in [0, 0.1) is 13.8 Å². The van der Waals surface area contributed by atoms with Crippen LogP contribution in [0.3, 0.4) is 0 Å². The van der Waals surface area contributed by atoms with Gasteiger partial charge in [0, 0.05) is 6.04 Å². The van der Waals surface area contributed by atoms with Crippen LogP contribution in [-0.2, 0) is 11.3 Å². The molecule has 0 bridgehead atoms. The summed E-state index contributed by atoms with van der Waals surface area (Å²) in [6.07, 6.45) is 3.99. The van der Waals surface area contributed by atoms with Crippen molar-refractivity contribution >= 4 is 16.9 Å². The molecule has 1 amide bonds. The molecule has 0 saturated heterocycles.